The van der Waals surface area contributed by atoms with Crippen molar-refractivity contribution in [1.29, 1.82) is 0 Å². The van der Waals surface area contributed by atoms with E-state index in [-0.39, 0.29) is 28.7 Å². The summed E-state index contributed by atoms with van der Waals surface area (Å²) in [5.41, 5.74) is 3.83. The number of aliphatic hydroxyl groups is 1. The van der Waals surface area contributed by atoms with Crippen molar-refractivity contribution in [3.05, 3.63) is 100 Å². The van der Waals surface area contributed by atoms with E-state index in [0.29, 0.717) is 24.5 Å². The molecule has 222 valence electrons. The largest absolute Gasteiger partial charge is 0.507 e. The zero-order chi connectivity index (χ0) is 30.8. The number of hydrogen-bond acceptors (Lipinski definition) is 5. The highest BCUT2D eigenvalue weighted by Gasteiger charge is 2.46. The molecule has 0 aliphatic carbocycles. The van der Waals surface area contributed by atoms with Gasteiger partial charge in [0.15, 0.2) is 0 Å². The summed E-state index contributed by atoms with van der Waals surface area (Å²) in [6.07, 6.45) is 0. The molecule has 42 heavy (non-hydrogen) atoms. The first-order valence-corrected chi connectivity index (χ1v) is 14.6. The number of nitrogens with zero attached hydrogens (tertiary/aromatic N) is 1. The molecule has 6 nitrogen and oxygen atoms in total. The zero-order valence-corrected chi connectivity index (χ0v) is 26.1. The normalized spacial score (nSPS) is 17.0. The van der Waals surface area contributed by atoms with E-state index in [1.165, 1.54) is 0 Å². The van der Waals surface area contributed by atoms with E-state index in [2.05, 4.69) is 41.5 Å². The van der Waals surface area contributed by atoms with Crippen LogP contribution in [-0.2, 0) is 27.0 Å². The molecule has 1 fully saturated rings. The molecule has 0 aromatic heterocycles. The van der Waals surface area contributed by atoms with Crippen LogP contribution in [0.1, 0.15) is 89.2 Å². The van der Waals surface area contributed by atoms with Gasteiger partial charge >= 0.3 is 0 Å². The minimum Gasteiger partial charge on any atom is -0.507 e. The van der Waals surface area contributed by atoms with Crippen LogP contribution in [0.4, 0.5) is 0 Å². The quantitative estimate of drug-likeness (QED) is 0.171. The maximum Gasteiger partial charge on any atom is 0.295 e. The Labute approximate surface area is 250 Å². The van der Waals surface area contributed by atoms with Gasteiger partial charge in [-0.3, -0.25) is 9.59 Å². The van der Waals surface area contributed by atoms with Crippen LogP contribution in [0.3, 0.4) is 0 Å². The number of carbonyl (C=O) groups is 2. The van der Waals surface area contributed by atoms with E-state index in [1.807, 2.05) is 74.5 Å². The fraction of sp³-hybridized carbons (Fsp3) is 0.389. The molecule has 3 aromatic carbocycles. The van der Waals surface area contributed by atoms with Crippen LogP contribution in [0.25, 0.3) is 5.76 Å². The Hall–Kier alpha value is -4.06. The van der Waals surface area contributed by atoms with Crippen LogP contribution >= 0.6 is 0 Å². The van der Waals surface area contributed by atoms with E-state index in [4.69, 9.17) is 9.47 Å². The smallest absolute Gasteiger partial charge is 0.295 e. The average molecular weight is 570 g/mol. The summed E-state index contributed by atoms with van der Waals surface area (Å²) in [6.45, 7) is 17.7. The van der Waals surface area contributed by atoms with Crippen molar-refractivity contribution in [1.82, 2.24) is 4.90 Å². The molecule has 0 radical (unpaired) electrons. The summed E-state index contributed by atoms with van der Waals surface area (Å²) in [7, 11) is 0. The van der Waals surface area contributed by atoms with E-state index in [1.54, 1.807) is 11.0 Å². The highest BCUT2D eigenvalue weighted by atomic mass is 16.5. The first-order valence-electron chi connectivity index (χ1n) is 14.6. The van der Waals surface area contributed by atoms with Crippen molar-refractivity contribution in [2.45, 2.75) is 78.8 Å². The third-order valence-corrected chi connectivity index (χ3v) is 7.56. The maximum absolute atomic E-state index is 13.7. The second kappa shape index (κ2) is 12.0. The first-order chi connectivity index (χ1) is 19.8. The molecule has 0 saturated carbocycles. The molecule has 6 heteroatoms. The summed E-state index contributed by atoms with van der Waals surface area (Å²) in [6, 6.07) is 20.1. The molecule has 1 aliphatic heterocycles. The number of carbonyl (C=O) groups excluding carboxylic acids is 2. The third-order valence-electron chi connectivity index (χ3n) is 7.56. The predicted octanol–water partition coefficient (Wildman–Crippen LogP) is 7.70. The lowest BCUT2D eigenvalue weighted by Crippen LogP contribution is -2.29. The molecule has 1 atom stereocenters. The van der Waals surface area contributed by atoms with Crippen molar-refractivity contribution in [2.75, 3.05) is 13.2 Å². The number of rotatable bonds is 8. The molecule has 1 N–H and O–H groups in total. The molecule has 1 aliphatic rings. The summed E-state index contributed by atoms with van der Waals surface area (Å²) in [5, 5.41) is 11.8. The molecular formula is C36H43NO5. The topological polar surface area (TPSA) is 76.1 Å². The number of likely N-dealkylation sites (tertiary alicyclic amines) is 1. The van der Waals surface area contributed by atoms with Crippen molar-refractivity contribution in [2.24, 2.45) is 0 Å². The Bertz CT molecular complexity index is 1490. The molecule has 0 spiro atoms. The number of hydrogen-bond donors (Lipinski definition) is 1. The van der Waals surface area contributed by atoms with E-state index in [9.17, 15) is 14.7 Å². The maximum atomic E-state index is 13.7. The van der Waals surface area contributed by atoms with Gasteiger partial charge in [-0.15, -0.1) is 0 Å². The van der Waals surface area contributed by atoms with Gasteiger partial charge in [0, 0.05) is 17.7 Å². The molecule has 3 aromatic rings. The standard InChI is InChI=1S/C36H43NO5/c1-9-41-27-13-11-12-23(20-27)22-37-31(24-14-17-26(18-15-24)35(3,4)5)30(33(39)34(37)40)32(38)25-16-19-29(42-10-2)28(21-25)36(6,7)8/h11-21,31,38H,9-10,22H2,1-8H3/b32-30-. The van der Waals surface area contributed by atoms with Gasteiger partial charge in [0.2, 0.25) is 0 Å². The highest BCUT2D eigenvalue weighted by molar-refractivity contribution is 6.46. The second-order valence-corrected chi connectivity index (χ2v) is 12.8. The summed E-state index contributed by atoms with van der Waals surface area (Å²) in [4.78, 5) is 28.9. The van der Waals surface area contributed by atoms with Crippen LogP contribution < -0.4 is 9.47 Å². The average Bonchev–Trinajstić information content (AvgIpc) is 3.17. The zero-order valence-electron chi connectivity index (χ0n) is 26.1. The van der Waals surface area contributed by atoms with Gasteiger partial charge in [0.1, 0.15) is 17.3 Å². The SMILES string of the molecule is CCOc1cccc(CN2C(=O)C(=O)/C(=C(\O)c3ccc(OCC)c(C(C)(C)C)c3)C2c2ccc(C(C)(C)C)cc2)c1. The third kappa shape index (κ3) is 6.38. The molecule has 1 amide bonds. The van der Waals surface area contributed by atoms with Gasteiger partial charge in [-0.2, -0.15) is 0 Å². The number of benzene rings is 3. The van der Waals surface area contributed by atoms with Crippen molar-refractivity contribution in [3.8, 4) is 11.5 Å². The summed E-state index contributed by atoms with van der Waals surface area (Å²) in [5.74, 6) is -0.126. The van der Waals surface area contributed by atoms with Crippen LogP contribution in [-0.4, -0.2) is 34.9 Å². The molecule has 1 saturated heterocycles. The Balaban J connectivity index is 1.88. The van der Waals surface area contributed by atoms with Gasteiger partial charge < -0.3 is 19.5 Å². The van der Waals surface area contributed by atoms with Gasteiger partial charge in [-0.1, -0.05) is 77.9 Å². The van der Waals surface area contributed by atoms with Gasteiger partial charge in [-0.05, 0) is 71.7 Å². The monoisotopic (exact) mass is 569 g/mol. The lowest BCUT2D eigenvalue weighted by molar-refractivity contribution is -0.140. The van der Waals surface area contributed by atoms with Gasteiger partial charge in [-0.25, -0.2) is 0 Å². The Morgan fingerprint density at radius 1 is 0.833 bits per heavy atom. The van der Waals surface area contributed by atoms with Crippen LogP contribution in [0.15, 0.2) is 72.3 Å². The fourth-order valence-electron chi connectivity index (χ4n) is 5.35. The van der Waals surface area contributed by atoms with Crippen LogP contribution in [0, 0.1) is 0 Å². The lowest BCUT2D eigenvalue weighted by atomic mass is 9.84. The number of amides is 1. The Morgan fingerprint density at radius 2 is 1.50 bits per heavy atom. The second-order valence-electron chi connectivity index (χ2n) is 12.8. The minimum atomic E-state index is -0.764. The van der Waals surface area contributed by atoms with Crippen molar-refractivity contribution < 1.29 is 24.2 Å². The summed E-state index contributed by atoms with van der Waals surface area (Å²) < 4.78 is 11.5. The molecule has 4 rings (SSSR count). The molecule has 1 unspecified atom stereocenters. The highest BCUT2D eigenvalue weighted by Crippen LogP contribution is 2.42. The number of ether oxygens (including phenoxy) is 2. The fourth-order valence-corrected chi connectivity index (χ4v) is 5.35. The number of aliphatic hydroxyl groups excluding tert-OH is 1. The molecule has 1 heterocycles. The van der Waals surface area contributed by atoms with E-state index < -0.39 is 17.7 Å². The first kappa shape index (κ1) is 30.9. The minimum absolute atomic E-state index is 0.0638. The van der Waals surface area contributed by atoms with Gasteiger partial charge in [0.05, 0.1) is 24.8 Å². The Kier molecular flexibility index (Phi) is 8.86. The van der Waals surface area contributed by atoms with Crippen LogP contribution in [0.5, 0.6) is 11.5 Å². The Morgan fingerprint density at radius 3 is 2.10 bits per heavy atom. The number of Topliss-reactive ketones (excluding diaryl/α,β-unsaturated/α-hetero) is 1. The summed E-state index contributed by atoms with van der Waals surface area (Å²) >= 11 is 0. The van der Waals surface area contributed by atoms with E-state index >= 15 is 0 Å². The lowest BCUT2D eigenvalue weighted by Gasteiger charge is -2.27. The predicted molar refractivity (Wildman–Crippen MR) is 167 cm³/mol. The molecular weight excluding hydrogens is 526 g/mol. The van der Waals surface area contributed by atoms with Crippen molar-refractivity contribution in [3.63, 3.8) is 0 Å². The number of ketones is 1. The van der Waals surface area contributed by atoms with Crippen LogP contribution in [0.2, 0.25) is 0 Å². The van der Waals surface area contributed by atoms with Gasteiger partial charge in [0.25, 0.3) is 11.7 Å². The molecule has 0 bridgehead atoms. The van der Waals surface area contributed by atoms with Crippen molar-refractivity contribution >= 4 is 17.4 Å². The van der Waals surface area contributed by atoms with E-state index in [0.717, 1.165) is 28.0 Å².